The standard InChI is InChI=1S/C27H23NO/c1-3-17-27(28-18(2)19-9-5-4-6-10-19)23-14-8-12-21-16-15-20-11-7-13-22(26(27)29)24(20)25(21)23/h3-16,18,28H,1,17H2,2H3/t18-,27-/m0/s1. The second kappa shape index (κ2) is 6.68. The van der Waals surface area contributed by atoms with Crippen LogP contribution in [0.2, 0.25) is 0 Å². The fourth-order valence-corrected chi connectivity index (χ4v) is 4.87. The number of hydrogen-bond acceptors (Lipinski definition) is 2. The number of carbonyl (C=O) groups is 1. The van der Waals surface area contributed by atoms with E-state index in [1.807, 2.05) is 36.4 Å². The predicted molar refractivity (Wildman–Crippen MR) is 120 cm³/mol. The lowest BCUT2D eigenvalue weighted by Crippen LogP contribution is -2.51. The Labute approximate surface area is 170 Å². The molecule has 0 heterocycles. The molecule has 5 rings (SSSR count). The van der Waals surface area contributed by atoms with E-state index in [1.165, 1.54) is 5.39 Å². The molecule has 0 fully saturated rings. The lowest BCUT2D eigenvalue weighted by atomic mass is 9.71. The molecule has 1 aliphatic rings. The van der Waals surface area contributed by atoms with E-state index in [-0.39, 0.29) is 11.8 Å². The van der Waals surface area contributed by atoms with E-state index in [1.54, 1.807) is 0 Å². The molecule has 0 saturated heterocycles. The Balaban J connectivity index is 1.80. The molecule has 142 valence electrons. The number of Topliss-reactive ketones (excluding diaryl/α,β-unsaturated/α-hetero) is 1. The molecule has 2 atom stereocenters. The van der Waals surface area contributed by atoms with Crippen molar-refractivity contribution in [1.29, 1.82) is 0 Å². The number of carbonyl (C=O) groups excluding carboxylic acids is 1. The Kier molecular flexibility index (Phi) is 4.11. The third kappa shape index (κ3) is 2.56. The Morgan fingerprint density at radius 3 is 2.31 bits per heavy atom. The van der Waals surface area contributed by atoms with Crippen LogP contribution in [0.15, 0.2) is 91.5 Å². The van der Waals surface area contributed by atoms with Crippen LogP contribution in [0, 0.1) is 0 Å². The molecule has 1 N–H and O–H groups in total. The number of ketones is 1. The Morgan fingerprint density at radius 1 is 0.897 bits per heavy atom. The summed E-state index contributed by atoms with van der Waals surface area (Å²) < 4.78 is 0. The molecule has 0 aliphatic heterocycles. The highest BCUT2D eigenvalue weighted by Gasteiger charge is 2.45. The van der Waals surface area contributed by atoms with E-state index in [0.29, 0.717) is 6.42 Å². The minimum Gasteiger partial charge on any atom is -0.294 e. The van der Waals surface area contributed by atoms with Crippen molar-refractivity contribution in [1.82, 2.24) is 5.32 Å². The summed E-state index contributed by atoms with van der Waals surface area (Å²) in [7, 11) is 0. The smallest absolute Gasteiger partial charge is 0.188 e. The fourth-order valence-electron chi connectivity index (χ4n) is 4.87. The molecular weight excluding hydrogens is 354 g/mol. The molecule has 29 heavy (non-hydrogen) atoms. The maximum Gasteiger partial charge on any atom is 0.188 e. The van der Waals surface area contributed by atoms with Crippen LogP contribution >= 0.6 is 0 Å². The highest BCUT2D eigenvalue weighted by atomic mass is 16.1. The first-order chi connectivity index (χ1) is 14.2. The highest BCUT2D eigenvalue weighted by Crippen LogP contribution is 2.45. The van der Waals surface area contributed by atoms with Gasteiger partial charge in [0.15, 0.2) is 5.78 Å². The number of rotatable bonds is 5. The summed E-state index contributed by atoms with van der Waals surface area (Å²) in [5.74, 6) is 0.122. The van der Waals surface area contributed by atoms with Crippen molar-refractivity contribution >= 4 is 27.3 Å². The average molecular weight is 377 g/mol. The van der Waals surface area contributed by atoms with Crippen molar-refractivity contribution in [3.8, 4) is 0 Å². The second-order valence-electron chi connectivity index (χ2n) is 7.88. The lowest BCUT2D eigenvalue weighted by molar-refractivity contribution is 0.0835. The molecule has 1 aliphatic carbocycles. The summed E-state index contributed by atoms with van der Waals surface area (Å²) >= 11 is 0. The molecule has 2 nitrogen and oxygen atoms in total. The monoisotopic (exact) mass is 377 g/mol. The molecule has 0 bridgehead atoms. The first-order valence-electron chi connectivity index (χ1n) is 10.1. The van der Waals surface area contributed by atoms with Gasteiger partial charge in [0.25, 0.3) is 0 Å². The van der Waals surface area contributed by atoms with E-state index < -0.39 is 5.54 Å². The SMILES string of the molecule is C=CC[C@@]1(N[C@@H](C)c2ccccc2)C(=O)c2cccc3ccc4cccc1c4c23. The van der Waals surface area contributed by atoms with Crippen LogP contribution in [0.4, 0.5) is 0 Å². The number of nitrogens with one attached hydrogen (secondary N) is 1. The van der Waals surface area contributed by atoms with Gasteiger partial charge in [0.05, 0.1) is 0 Å². The van der Waals surface area contributed by atoms with Crippen molar-refractivity contribution in [3.63, 3.8) is 0 Å². The topological polar surface area (TPSA) is 29.1 Å². The first kappa shape index (κ1) is 17.8. The zero-order valence-electron chi connectivity index (χ0n) is 16.5. The maximum atomic E-state index is 14.0. The summed E-state index contributed by atoms with van der Waals surface area (Å²) in [4.78, 5) is 14.0. The summed E-state index contributed by atoms with van der Waals surface area (Å²) in [6, 6.07) is 26.9. The average Bonchev–Trinajstić information content (AvgIpc) is 2.77. The zero-order chi connectivity index (χ0) is 20.0. The van der Waals surface area contributed by atoms with E-state index in [0.717, 1.165) is 32.8 Å². The number of benzene rings is 4. The molecular formula is C27H23NO. The van der Waals surface area contributed by atoms with Gasteiger partial charge in [0.1, 0.15) is 5.54 Å². The van der Waals surface area contributed by atoms with Crippen molar-refractivity contribution in [3.05, 3.63) is 108 Å². The Morgan fingerprint density at radius 2 is 1.59 bits per heavy atom. The summed E-state index contributed by atoms with van der Waals surface area (Å²) in [6.45, 7) is 6.11. The quantitative estimate of drug-likeness (QED) is 0.326. The van der Waals surface area contributed by atoms with Crippen molar-refractivity contribution in [2.75, 3.05) is 0 Å². The van der Waals surface area contributed by atoms with Gasteiger partial charge in [-0.2, -0.15) is 0 Å². The summed E-state index contributed by atoms with van der Waals surface area (Å²) in [5.41, 5.74) is 2.17. The summed E-state index contributed by atoms with van der Waals surface area (Å²) in [5, 5.41) is 8.24. The highest BCUT2D eigenvalue weighted by molar-refractivity contribution is 6.25. The molecule has 0 unspecified atom stereocenters. The first-order valence-corrected chi connectivity index (χ1v) is 10.1. The third-order valence-corrected chi connectivity index (χ3v) is 6.19. The minimum atomic E-state index is -0.834. The van der Waals surface area contributed by atoms with E-state index in [4.69, 9.17) is 0 Å². The van der Waals surface area contributed by atoms with Gasteiger partial charge < -0.3 is 0 Å². The van der Waals surface area contributed by atoms with Crippen LogP contribution in [-0.4, -0.2) is 5.78 Å². The van der Waals surface area contributed by atoms with Crippen LogP contribution in [0.25, 0.3) is 21.5 Å². The van der Waals surface area contributed by atoms with E-state index in [9.17, 15) is 4.79 Å². The molecule has 0 aromatic heterocycles. The molecule has 4 aromatic carbocycles. The largest absolute Gasteiger partial charge is 0.294 e. The van der Waals surface area contributed by atoms with Crippen LogP contribution in [0.1, 0.15) is 40.9 Å². The van der Waals surface area contributed by atoms with Crippen LogP contribution in [0.3, 0.4) is 0 Å². The normalized spacial score (nSPS) is 19.0. The van der Waals surface area contributed by atoms with Crippen LogP contribution in [-0.2, 0) is 5.54 Å². The molecule has 0 spiro atoms. The van der Waals surface area contributed by atoms with Crippen molar-refractivity contribution < 1.29 is 4.79 Å². The molecule has 4 aromatic rings. The lowest BCUT2D eigenvalue weighted by Gasteiger charge is -2.40. The van der Waals surface area contributed by atoms with Crippen LogP contribution in [0.5, 0.6) is 0 Å². The molecule has 0 radical (unpaired) electrons. The van der Waals surface area contributed by atoms with Crippen molar-refractivity contribution in [2.24, 2.45) is 0 Å². The van der Waals surface area contributed by atoms with E-state index in [2.05, 4.69) is 67.4 Å². The van der Waals surface area contributed by atoms with Gasteiger partial charge in [-0.3, -0.25) is 10.1 Å². The third-order valence-electron chi connectivity index (χ3n) is 6.19. The van der Waals surface area contributed by atoms with E-state index >= 15 is 0 Å². The zero-order valence-corrected chi connectivity index (χ0v) is 16.5. The molecule has 0 saturated carbocycles. The van der Waals surface area contributed by atoms with Gasteiger partial charge in [-0.05, 0) is 40.6 Å². The minimum absolute atomic E-state index is 0.0137. The van der Waals surface area contributed by atoms with Gasteiger partial charge in [-0.25, -0.2) is 0 Å². The fraction of sp³-hybridized carbons (Fsp3) is 0.148. The van der Waals surface area contributed by atoms with Gasteiger partial charge >= 0.3 is 0 Å². The predicted octanol–water partition coefficient (Wildman–Crippen LogP) is 6.31. The molecule has 2 heteroatoms. The number of hydrogen-bond donors (Lipinski definition) is 1. The Bertz CT molecular complexity index is 1260. The van der Waals surface area contributed by atoms with Gasteiger partial charge in [-0.1, -0.05) is 84.9 Å². The summed E-state index contributed by atoms with van der Waals surface area (Å²) in [6.07, 6.45) is 2.39. The Hall–Kier alpha value is -3.23. The van der Waals surface area contributed by atoms with Gasteiger partial charge in [-0.15, -0.1) is 6.58 Å². The van der Waals surface area contributed by atoms with Crippen LogP contribution < -0.4 is 5.32 Å². The maximum absolute atomic E-state index is 14.0. The van der Waals surface area contributed by atoms with Gasteiger partial charge in [0, 0.05) is 17.0 Å². The van der Waals surface area contributed by atoms with Crippen molar-refractivity contribution in [2.45, 2.75) is 24.9 Å². The second-order valence-corrected chi connectivity index (χ2v) is 7.88. The van der Waals surface area contributed by atoms with Gasteiger partial charge in [0.2, 0.25) is 0 Å². The molecule has 0 amide bonds.